The molecule has 0 unspecified atom stereocenters. The summed E-state index contributed by atoms with van der Waals surface area (Å²) in [5.74, 6) is -0.241. The van der Waals surface area contributed by atoms with E-state index in [0.717, 1.165) is 0 Å². The van der Waals surface area contributed by atoms with Crippen molar-refractivity contribution in [2.75, 3.05) is 7.11 Å². The van der Waals surface area contributed by atoms with Gasteiger partial charge in [0.1, 0.15) is 17.8 Å². The number of carbonyl (C=O) groups excluding carboxylic acids is 1. The van der Waals surface area contributed by atoms with Crippen molar-refractivity contribution in [3.63, 3.8) is 0 Å². The van der Waals surface area contributed by atoms with Gasteiger partial charge in [0.2, 0.25) is 5.88 Å². The SMILES string of the molecule is COc1cc(C(=O)Cc2cccc(F)c2)ncn1. The van der Waals surface area contributed by atoms with Crippen LogP contribution in [0.15, 0.2) is 36.7 Å². The Morgan fingerprint density at radius 3 is 2.89 bits per heavy atom. The molecule has 2 aromatic rings. The fourth-order valence-electron chi connectivity index (χ4n) is 1.53. The van der Waals surface area contributed by atoms with Gasteiger partial charge in [-0.2, -0.15) is 0 Å². The summed E-state index contributed by atoms with van der Waals surface area (Å²) >= 11 is 0. The molecule has 0 N–H and O–H groups in total. The number of ketones is 1. The summed E-state index contributed by atoms with van der Waals surface area (Å²) in [7, 11) is 1.46. The molecule has 0 aliphatic rings. The van der Waals surface area contributed by atoms with Gasteiger partial charge >= 0.3 is 0 Å². The van der Waals surface area contributed by atoms with Gasteiger partial charge in [-0.1, -0.05) is 12.1 Å². The summed E-state index contributed by atoms with van der Waals surface area (Å²) in [5.41, 5.74) is 0.865. The van der Waals surface area contributed by atoms with Gasteiger partial charge < -0.3 is 4.74 Å². The molecule has 4 nitrogen and oxygen atoms in total. The average molecular weight is 246 g/mol. The van der Waals surface area contributed by atoms with E-state index in [4.69, 9.17) is 4.74 Å². The molecular weight excluding hydrogens is 235 g/mol. The summed E-state index contributed by atoms with van der Waals surface area (Å²) in [6.45, 7) is 0. The summed E-state index contributed by atoms with van der Waals surface area (Å²) in [6, 6.07) is 7.39. The van der Waals surface area contributed by atoms with Crippen LogP contribution in [0.2, 0.25) is 0 Å². The lowest BCUT2D eigenvalue weighted by Gasteiger charge is -2.02. The Labute approximate surface area is 103 Å². The number of rotatable bonds is 4. The molecule has 1 heterocycles. The highest BCUT2D eigenvalue weighted by atomic mass is 19.1. The molecule has 2 rings (SSSR count). The third kappa shape index (κ3) is 2.88. The van der Waals surface area contributed by atoms with Crippen LogP contribution < -0.4 is 4.74 Å². The second-order valence-corrected chi connectivity index (χ2v) is 3.68. The maximum absolute atomic E-state index is 13.0. The first kappa shape index (κ1) is 12.2. The number of benzene rings is 1. The van der Waals surface area contributed by atoms with Crippen LogP contribution in [0.5, 0.6) is 5.88 Å². The first-order valence-corrected chi connectivity index (χ1v) is 5.32. The fraction of sp³-hybridized carbons (Fsp3) is 0.154. The van der Waals surface area contributed by atoms with E-state index in [9.17, 15) is 9.18 Å². The van der Waals surface area contributed by atoms with E-state index in [1.807, 2.05) is 0 Å². The minimum absolute atomic E-state index is 0.0952. The van der Waals surface area contributed by atoms with E-state index in [0.29, 0.717) is 11.4 Å². The predicted molar refractivity (Wildman–Crippen MR) is 63.0 cm³/mol. The average Bonchev–Trinajstić information content (AvgIpc) is 2.39. The quantitative estimate of drug-likeness (QED) is 0.775. The highest BCUT2D eigenvalue weighted by Crippen LogP contribution is 2.10. The molecule has 0 atom stereocenters. The normalized spacial score (nSPS) is 10.1. The zero-order valence-corrected chi connectivity index (χ0v) is 9.76. The van der Waals surface area contributed by atoms with Crippen LogP contribution >= 0.6 is 0 Å². The maximum atomic E-state index is 13.0. The van der Waals surface area contributed by atoms with Crippen molar-refractivity contribution in [2.45, 2.75) is 6.42 Å². The number of hydrogen-bond donors (Lipinski definition) is 0. The van der Waals surface area contributed by atoms with E-state index < -0.39 is 0 Å². The number of halogens is 1. The number of nitrogens with zero attached hydrogens (tertiary/aromatic N) is 2. The van der Waals surface area contributed by atoms with Crippen LogP contribution in [0.25, 0.3) is 0 Å². The minimum Gasteiger partial charge on any atom is -0.481 e. The number of carbonyl (C=O) groups is 1. The third-order valence-electron chi connectivity index (χ3n) is 2.39. The zero-order valence-electron chi connectivity index (χ0n) is 9.76. The standard InChI is InChI=1S/C13H11FN2O2/c1-18-13-7-11(15-8-16-13)12(17)6-9-3-2-4-10(14)5-9/h2-5,7-8H,6H2,1H3. The lowest BCUT2D eigenvalue weighted by atomic mass is 10.1. The van der Waals surface area contributed by atoms with Gasteiger partial charge in [0.15, 0.2) is 5.78 Å². The summed E-state index contributed by atoms with van der Waals surface area (Å²) < 4.78 is 17.9. The maximum Gasteiger partial charge on any atom is 0.216 e. The van der Waals surface area contributed by atoms with E-state index in [1.54, 1.807) is 12.1 Å². The molecular formula is C13H11FN2O2. The van der Waals surface area contributed by atoms with Crippen LogP contribution in [0, 0.1) is 5.82 Å². The van der Waals surface area contributed by atoms with Gasteiger partial charge in [0.05, 0.1) is 7.11 Å². The molecule has 0 bridgehead atoms. The summed E-state index contributed by atoms with van der Waals surface area (Å²) in [6.07, 6.45) is 1.36. The molecule has 1 aromatic heterocycles. The first-order chi connectivity index (χ1) is 8.69. The first-order valence-electron chi connectivity index (χ1n) is 5.32. The number of Topliss-reactive ketones (excluding diaryl/α,β-unsaturated/α-hetero) is 1. The molecule has 0 amide bonds. The van der Waals surface area contributed by atoms with Crippen LogP contribution in [0.1, 0.15) is 16.1 Å². The van der Waals surface area contributed by atoms with Gasteiger partial charge in [-0.15, -0.1) is 0 Å². The second kappa shape index (κ2) is 5.35. The Bertz CT molecular complexity index is 572. The van der Waals surface area contributed by atoms with Gasteiger partial charge in [-0.25, -0.2) is 14.4 Å². The molecule has 0 spiro atoms. The van der Waals surface area contributed by atoms with Crippen molar-refractivity contribution in [1.82, 2.24) is 9.97 Å². The number of hydrogen-bond acceptors (Lipinski definition) is 4. The molecule has 1 aromatic carbocycles. The monoisotopic (exact) mass is 246 g/mol. The lowest BCUT2D eigenvalue weighted by molar-refractivity contribution is 0.0987. The fourth-order valence-corrected chi connectivity index (χ4v) is 1.53. The highest BCUT2D eigenvalue weighted by Gasteiger charge is 2.10. The topological polar surface area (TPSA) is 52.1 Å². The molecule has 0 aliphatic carbocycles. The Morgan fingerprint density at radius 2 is 2.17 bits per heavy atom. The Kier molecular flexibility index (Phi) is 3.62. The largest absolute Gasteiger partial charge is 0.481 e. The van der Waals surface area contributed by atoms with Crippen molar-refractivity contribution in [1.29, 1.82) is 0 Å². The molecule has 18 heavy (non-hydrogen) atoms. The summed E-state index contributed by atoms with van der Waals surface area (Å²) in [4.78, 5) is 19.6. The second-order valence-electron chi connectivity index (χ2n) is 3.68. The van der Waals surface area contributed by atoms with E-state index >= 15 is 0 Å². The molecule has 0 aliphatic heterocycles. The van der Waals surface area contributed by atoms with Crippen molar-refractivity contribution in [2.24, 2.45) is 0 Å². The minimum atomic E-state index is -0.361. The number of ether oxygens (including phenoxy) is 1. The molecule has 5 heteroatoms. The van der Waals surface area contributed by atoms with Gasteiger partial charge in [-0.05, 0) is 17.7 Å². The lowest BCUT2D eigenvalue weighted by Crippen LogP contribution is -2.07. The molecule has 0 fully saturated rings. The zero-order chi connectivity index (χ0) is 13.0. The van der Waals surface area contributed by atoms with Crippen LogP contribution in [0.3, 0.4) is 0 Å². The van der Waals surface area contributed by atoms with Crippen LogP contribution in [0.4, 0.5) is 4.39 Å². The van der Waals surface area contributed by atoms with Gasteiger partial charge in [0.25, 0.3) is 0 Å². The summed E-state index contributed by atoms with van der Waals surface area (Å²) in [5, 5.41) is 0. The highest BCUT2D eigenvalue weighted by molar-refractivity contribution is 5.95. The van der Waals surface area contributed by atoms with Crippen LogP contribution in [-0.4, -0.2) is 22.9 Å². The predicted octanol–water partition coefficient (Wildman–Crippen LogP) is 2.05. The molecule has 0 radical (unpaired) electrons. The number of aromatic nitrogens is 2. The smallest absolute Gasteiger partial charge is 0.216 e. The van der Waals surface area contributed by atoms with E-state index in [1.165, 1.54) is 31.6 Å². The van der Waals surface area contributed by atoms with Crippen molar-refractivity contribution >= 4 is 5.78 Å². The molecule has 92 valence electrons. The van der Waals surface area contributed by atoms with Crippen molar-refractivity contribution < 1.29 is 13.9 Å². The van der Waals surface area contributed by atoms with E-state index in [2.05, 4.69) is 9.97 Å². The Morgan fingerprint density at radius 1 is 1.33 bits per heavy atom. The van der Waals surface area contributed by atoms with E-state index in [-0.39, 0.29) is 23.7 Å². The molecule has 0 saturated heterocycles. The van der Waals surface area contributed by atoms with Crippen LogP contribution in [-0.2, 0) is 6.42 Å². The van der Waals surface area contributed by atoms with Crippen molar-refractivity contribution in [3.8, 4) is 5.88 Å². The Hall–Kier alpha value is -2.30. The van der Waals surface area contributed by atoms with Gasteiger partial charge in [-0.3, -0.25) is 4.79 Å². The van der Waals surface area contributed by atoms with Gasteiger partial charge in [0, 0.05) is 12.5 Å². The Balaban J connectivity index is 2.16. The van der Waals surface area contributed by atoms with Crippen molar-refractivity contribution in [3.05, 3.63) is 53.7 Å². The third-order valence-corrected chi connectivity index (χ3v) is 2.39. The molecule has 0 saturated carbocycles. The number of methoxy groups -OCH3 is 1.